The molecule has 1 aliphatic rings. The van der Waals surface area contributed by atoms with E-state index in [-0.39, 0.29) is 12.5 Å². The number of para-hydroxylation sites is 1. The molecule has 0 aliphatic carbocycles. The van der Waals surface area contributed by atoms with Gasteiger partial charge in [0.25, 0.3) is 0 Å². The standard InChI is InChI=1S/C19H19Cl2N5O/c20-15-4-3-5-16(21)14(15)12-24-8-10-25(11-9-24)19(27)13-26-18-7-2-1-6-17(18)22-23-26/h1-7H,8-13H2. The van der Waals surface area contributed by atoms with Crippen molar-refractivity contribution in [3.05, 3.63) is 58.1 Å². The molecule has 27 heavy (non-hydrogen) atoms. The van der Waals surface area contributed by atoms with Crippen LogP contribution >= 0.6 is 23.2 Å². The molecule has 0 bridgehead atoms. The molecule has 2 heterocycles. The summed E-state index contributed by atoms with van der Waals surface area (Å²) in [6.07, 6.45) is 0. The van der Waals surface area contributed by atoms with Crippen molar-refractivity contribution in [2.45, 2.75) is 13.1 Å². The van der Waals surface area contributed by atoms with Crippen LogP contribution in [0.25, 0.3) is 11.0 Å². The molecule has 1 aromatic heterocycles. The lowest BCUT2D eigenvalue weighted by Crippen LogP contribution is -2.49. The lowest BCUT2D eigenvalue weighted by atomic mass is 10.2. The third kappa shape index (κ3) is 3.93. The van der Waals surface area contributed by atoms with E-state index < -0.39 is 0 Å². The second kappa shape index (κ2) is 7.84. The molecule has 1 amide bonds. The molecule has 0 spiro atoms. The molecule has 1 saturated heterocycles. The summed E-state index contributed by atoms with van der Waals surface area (Å²) >= 11 is 12.5. The average molecular weight is 404 g/mol. The van der Waals surface area contributed by atoms with E-state index in [1.165, 1.54) is 0 Å². The van der Waals surface area contributed by atoms with Crippen LogP contribution in [0.3, 0.4) is 0 Å². The Labute approximate surface area is 167 Å². The Morgan fingerprint density at radius 1 is 0.963 bits per heavy atom. The van der Waals surface area contributed by atoms with Crippen molar-refractivity contribution in [2.75, 3.05) is 26.2 Å². The summed E-state index contributed by atoms with van der Waals surface area (Å²) < 4.78 is 1.66. The van der Waals surface area contributed by atoms with Crippen LogP contribution in [0.1, 0.15) is 5.56 Å². The van der Waals surface area contributed by atoms with Gasteiger partial charge in [-0.2, -0.15) is 0 Å². The predicted octanol–water partition coefficient (Wildman–Crippen LogP) is 3.08. The second-order valence-electron chi connectivity index (χ2n) is 6.59. The molecule has 0 saturated carbocycles. The van der Waals surface area contributed by atoms with E-state index in [1.807, 2.05) is 47.4 Å². The first-order chi connectivity index (χ1) is 13.1. The van der Waals surface area contributed by atoms with E-state index in [0.29, 0.717) is 29.7 Å². The van der Waals surface area contributed by atoms with Crippen molar-refractivity contribution in [1.82, 2.24) is 24.8 Å². The number of aromatic nitrogens is 3. The smallest absolute Gasteiger partial charge is 0.244 e. The molecule has 140 valence electrons. The third-order valence-corrected chi connectivity index (χ3v) is 5.58. The first-order valence-electron chi connectivity index (χ1n) is 8.83. The molecule has 6 nitrogen and oxygen atoms in total. The Bertz CT molecular complexity index is 945. The number of nitrogens with zero attached hydrogens (tertiary/aromatic N) is 5. The van der Waals surface area contributed by atoms with Crippen molar-refractivity contribution in [3.8, 4) is 0 Å². The fourth-order valence-electron chi connectivity index (χ4n) is 3.32. The minimum atomic E-state index is 0.0566. The van der Waals surface area contributed by atoms with Crippen LogP contribution in [-0.2, 0) is 17.9 Å². The summed E-state index contributed by atoms with van der Waals surface area (Å²) in [6, 6.07) is 13.2. The zero-order chi connectivity index (χ0) is 18.8. The minimum absolute atomic E-state index is 0.0566. The van der Waals surface area contributed by atoms with E-state index >= 15 is 0 Å². The number of rotatable bonds is 4. The molecule has 1 aliphatic heterocycles. The summed E-state index contributed by atoms with van der Waals surface area (Å²) in [5.74, 6) is 0.0566. The summed E-state index contributed by atoms with van der Waals surface area (Å²) in [6.45, 7) is 3.81. The molecule has 0 atom stereocenters. The summed E-state index contributed by atoms with van der Waals surface area (Å²) in [7, 11) is 0. The van der Waals surface area contributed by atoms with Crippen LogP contribution in [0.5, 0.6) is 0 Å². The average Bonchev–Trinajstić information content (AvgIpc) is 3.08. The van der Waals surface area contributed by atoms with Crippen molar-refractivity contribution in [1.29, 1.82) is 0 Å². The van der Waals surface area contributed by atoms with E-state index in [0.717, 1.165) is 29.7 Å². The molecule has 3 aromatic rings. The third-order valence-electron chi connectivity index (χ3n) is 4.87. The first-order valence-corrected chi connectivity index (χ1v) is 9.58. The number of amides is 1. The summed E-state index contributed by atoms with van der Waals surface area (Å²) in [4.78, 5) is 16.8. The molecule has 4 rings (SSSR count). The van der Waals surface area contributed by atoms with Crippen LogP contribution < -0.4 is 0 Å². The predicted molar refractivity (Wildman–Crippen MR) is 106 cm³/mol. The molecule has 2 aromatic carbocycles. The normalized spacial score (nSPS) is 15.4. The number of benzene rings is 2. The van der Waals surface area contributed by atoms with Crippen LogP contribution in [-0.4, -0.2) is 56.9 Å². The Balaban J connectivity index is 1.35. The molecule has 0 N–H and O–H groups in total. The number of hydrogen-bond donors (Lipinski definition) is 0. The SMILES string of the molecule is O=C(Cn1nnc2ccccc21)N1CCN(Cc2c(Cl)cccc2Cl)CC1. The van der Waals surface area contributed by atoms with E-state index in [4.69, 9.17) is 23.2 Å². The van der Waals surface area contributed by atoms with E-state index in [2.05, 4.69) is 15.2 Å². The van der Waals surface area contributed by atoms with Gasteiger partial charge in [-0.15, -0.1) is 5.10 Å². The molecule has 8 heteroatoms. The number of carbonyl (C=O) groups is 1. The number of piperazine rings is 1. The second-order valence-corrected chi connectivity index (χ2v) is 7.41. The highest BCUT2D eigenvalue weighted by Gasteiger charge is 2.23. The first kappa shape index (κ1) is 18.2. The molecule has 0 radical (unpaired) electrons. The monoisotopic (exact) mass is 403 g/mol. The highest BCUT2D eigenvalue weighted by Crippen LogP contribution is 2.26. The van der Waals surface area contributed by atoms with Crippen molar-refractivity contribution in [2.24, 2.45) is 0 Å². The van der Waals surface area contributed by atoms with Gasteiger partial charge in [0.05, 0.1) is 5.52 Å². The van der Waals surface area contributed by atoms with Crippen molar-refractivity contribution in [3.63, 3.8) is 0 Å². The highest BCUT2D eigenvalue weighted by atomic mass is 35.5. The molecular weight excluding hydrogens is 385 g/mol. The topological polar surface area (TPSA) is 54.3 Å². The van der Waals surface area contributed by atoms with Crippen molar-refractivity contribution < 1.29 is 4.79 Å². The molecule has 1 fully saturated rings. The number of fused-ring (bicyclic) bond motifs is 1. The maximum absolute atomic E-state index is 12.7. The Kier molecular flexibility index (Phi) is 5.29. The van der Waals surface area contributed by atoms with Gasteiger partial charge >= 0.3 is 0 Å². The molecular formula is C19H19Cl2N5O. The summed E-state index contributed by atoms with van der Waals surface area (Å²) in [5, 5.41) is 9.56. The largest absolute Gasteiger partial charge is 0.339 e. The number of hydrogen-bond acceptors (Lipinski definition) is 4. The fraction of sp³-hybridized carbons (Fsp3) is 0.316. The summed E-state index contributed by atoms with van der Waals surface area (Å²) in [5.41, 5.74) is 2.61. The number of halogens is 2. The van der Waals surface area contributed by atoms with Gasteiger partial charge in [-0.25, -0.2) is 4.68 Å². The van der Waals surface area contributed by atoms with Crippen LogP contribution in [0, 0.1) is 0 Å². The Morgan fingerprint density at radius 3 is 2.41 bits per heavy atom. The molecule has 0 unspecified atom stereocenters. The zero-order valence-electron chi connectivity index (χ0n) is 14.7. The lowest BCUT2D eigenvalue weighted by Gasteiger charge is -2.35. The van der Waals surface area contributed by atoms with Gasteiger partial charge in [-0.05, 0) is 24.3 Å². The van der Waals surface area contributed by atoms with Gasteiger partial charge in [-0.1, -0.05) is 46.6 Å². The maximum Gasteiger partial charge on any atom is 0.244 e. The van der Waals surface area contributed by atoms with Gasteiger partial charge in [0.2, 0.25) is 5.91 Å². The minimum Gasteiger partial charge on any atom is -0.339 e. The van der Waals surface area contributed by atoms with Gasteiger partial charge in [0.15, 0.2) is 0 Å². The van der Waals surface area contributed by atoms with Crippen LogP contribution in [0.2, 0.25) is 10.0 Å². The van der Waals surface area contributed by atoms with Gasteiger partial charge in [0, 0.05) is 48.3 Å². The Hall–Kier alpha value is -2.15. The quantitative estimate of drug-likeness (QED) is 0.671. The van der Waals surface area contributed by atoms with Crippen LogP contribution in [0.4, 0.5) is 0 Å². The van der Waals surface area contributed by atoms with Gasteiger partial charge in [-0.3, -0.25) is 9.69 Å². The van der Waals surface area contributed by atoms with Gasteiger partial charge in [0.1, 0.15) is 12.1 Å². The lowest BCUT2D eigenvalue weighted by molar-refractivity contribution is -0.133. The van der Waals surface area contributed by atoms with Crippen LogP contribution in [0.15, 0.2) is 42.5 Å². The van der Waals surface area contributed by atoms with Gasteiger partial charge < -0.3 is 4.90 Å². The van der Waals surface area contributed by atoms with E-state index in [1.54, 1.807) is 4.68 Å². The zero-order valence-corrected chi connectivity index (χ0v) is 16.2. The Morgan fingerprint density at radius 2 is 1.67 bits per heavy atom. The van der Waals surface area contributed by atoms with Crippen molar-refractivity contribution >= 4 is 40.1 Å². The number of carbonyl (C=O) groups excluding carboxylic acids is 1. The highest BCUT2D eigenvalue weighted by molar-refractivity contribution is 6.35. The fourth-order valence-corrected chi connectivity index (χ4v) is 3.84. The van der Waals surface area contributed by atoms with E-state index in [9.17, 15) is 4.79 Å². The maximum atomic E-state index is 12.7.